The molecule has 2 unspecified atom stereocenters. The molecule has 1 aromatic rings. The smallest absolute Gasteiger partial charge is 0.292 e. The van der Waals surface area contributed by atoms with E-state index < -0.39 is 4.92 Å². The summed E-state index contributed by atoms with van der Waals surface area (Å²) in [4.78, 5) is 10.2. The van der Waals surface area contributed by atoms with Gasteiger partial charge < -0.3 is 15.8 Å². The Morgan fingerprint density at radius 3 is 3.00 bits per heavy atom. The van der Waals surface area contributed by atoms with Gasteiger partial charge in [-0.05, 0) is 25.0 Å². The van der Waals surface area contributed by atoms with E-state index in [-0.39, 0.29) is 11.4 Å². The van der Waals surface area contributed by atoms with E-state index in [9.17, 15) is 10.1 Å². The van der Waals surface area contributed by atoms with Gasteiger partial charge in [0.05, 0.1) is 11.0 Å². The number of hydrogen-bond donors (Lipinski definition) is 2. The molecular weight excluding hydrogens is 246 g/mol. The van der Waals surface area contributed by atoms with Gasteiger partial charge in [0.1, 0.15) is 5.69 Å². The fraction of sp³-hybridized carbons (Fsp3) is 0.538. The Kier molecular flexibility index (Phi) is 4.21. The van der Waals surface area contributed by atoms with Gasteiger partial charge in [0.25, 0.3) is 5.69 Å². The quantitative estimate of drug-likeness (QED) is 0.484. The molecule has 1 aliphatic rings. The minimum atomic E-state index is -0.475. The molecule has 0 saturated carbocycles. The van der Waals surface area contributed by atoms with Crippen molar-refractivity contribution in [2.45, 2.75) is 25.9 Å². The maximum absolute atomic E-state index is 10.7. The lowest BCUT2D eigenvalue weighted by Gasteiger charge is -2.18. The van der Waals surface area contributed by atoms with Crippen LogP contribution in [0, 0.1) is 16.0 Å². The number of hydrogen-bond acceptors (Lipinski definition) is 5. The molecule has 2 atom stereocenters. The molecule has 1 saturated heterocycles. The van der Waals surface area contributed by atoms with Crippen molar-refractivity contribution in [3.8, 4) is 0 Å². The highest BCUT2D eigenvalue weighted by atomic mass is 16.6. The first-order chi connectivity index (χ1) is 9.11. The average Bonchev–Trinajstić information content (AvgIpc) is 2.83. The third kappa shape index (κ3) is 3.14. The Morgan fingerprint density at radius 1 is 1.58 bits per heavy atom. The van der Waals surface area contributed by atoms with Crippen molar-refractivity contribution in [3.63, 3.8) is 0 Å². The molecule has 0 amide bonds. The van der Waals surface area contributed by atoms with Crippen molar-refractivity contribution in [1.29, 1.82) is 0 Å². The first-order valence-electron chi connectivity index (χ1n) is 6.51. The molecule has 3 N–H and O–H groups in total. The second-order valence-corrected chi connectivity index (χ2v) is 4.78. The Morgan fingerprint density at radius 2 is 2.37 bits per heavy atom. The molecule has 0 radical (unpaired) electrons. The zero-order valence-electron chi connectivity index (χ0n) is 11.0. The lowest BCUT2D eigenvalue weighted by Crippen LogP contribution is -2.22. The van der Waals surface area contributed by atoms with Crippen LogP contribution in [0.1, 0.15) is 19.8 Å². The Bertz CT molecular complexity index is 464. The molecule has 2 rings (SSSR count). The summed E-state index contributed by atoms with van der Waals surface area (Å²) in [5.41, 5.74) is 6.59. The van der Waals surface area contributed by atoms with Gasteiger partial charge in [0.2, 0.25) is 0 Å². The van der Waals surface area contributed by atoms with E-state index in [2.05, 4.69) is 12.2 Å². The number of nitrogens with one attached hydrogen (secondary N) is 1. The summed E-state index contributed by atoms with van der Waals surface area (Å²) in [5.74, 6) is 0.487. The lowest BCUT2D eigenvalue weighted by atomic mass is 9.99. The van der Waals surface area contributed by atoms with Gasteiger partial charge in [0.15, 0.2) is 0 Å². The number of rotatable bonds is 5. The first kappa shape index (κ1) is 13.6. The van der Waals surface area contributed by atoms with Crippen LogP contribution in [0.5, 0.6) is 0 Å². The average molecular weight is 265 g/mol. The highest BCUT2D eigenvalue weighted by molar-refractivity contribution is 5.65. The summed E-state index contributed by atoms with van der Waals surface area (Å²) < 4.78 is 5.62. The van der Waals surface area contributed by atoms with Gasteiger partial charge in [0, 0.05) is 30.8 Å². The van der Waals surface area contributed by atoms with Crippen LogP contribution in [0.15, 0.2) is 18.2 Å². The third-order valence-electron chi connectivity index (χ3n) is 3.54. The monoisotopic (exact) mass is 265 g/mol. The van der Waals surface area contributed by atoms with Crippen molar-refractivity contribution < 1.29 is 9.66 Å². The molecule has 104 valence electrons. The molecule has 0 bridgehead atoms. The standard InChI is InChI=1S/C13H19N3O3/c1-2-13-9(5-6-19-13)8-15-10-3-4-12(16(17)18)11(14)7-10/h3-4,7,9,13,15H,2,5-6,8,14H2,1H3. The van der Waals surface area contributed by atoms with Crippen LogP contribution in [-0.4, -0.2) is 24.2 Å². The van der Waals surface area contributed by atoms with Crippen LogP contribution < -0.4 is 11.1 Å². The van der Waals surface area contributed by atoms with E-state index in [1.165, 1.54) is 6.07 Å². The fourth-order valence-corrected chi connectivity index (χ4v) is 2.46. The van der Waals surface area contributed by atoms with Crippen molar-refractivity contribution in [2.75, 3.05) is 24.2 Å². The van der Waals surface area contributed by atoms with Gasteiger partial charge >= 0.3 is 0 Å². The number of anilines is 2. The van der Waals surface area contributed by atoms with Crippen molar-refractivity contribution >= 4 is 17.1 Å². The number of nitro groups is 1. The maximum Gasteiger partial charge on any atom is 0.292 e. The van der Waals surface area contributed by atoms with E-state index in [0.717, 1.165) is 31.7 Å². The summed E-state index contributed by atoms with van der Waals surface area (Å²) in [6, 6.07) is 4.72. The van der Waals surface area contributed by atoms with Gasteiger partial charge in [-0.15, -0.1) is 0 Å². The van der Waals surface area contributed by atoms with Gasteiger partial charge in [-0.1, -0.05) is 6.92 Å². The predicted octanol–water partition coefficient (Wildman–Crippen LogP) is 2.40. The molecule has 1 fully saturated rings. The zero-order valence-corrected chi connectivity index (χ0v) is 11.0. The zero-order chi connectivity index (χ0) is 13.8. The second kappa shape index (κ2) is 5.88. The number of ether oxygens (including phenoxy) is 1. The van der Waals surface area contributed by atoms with Crippen molar-refractivity contribution in [3.05, 3.63) is 28.3 Å². The molecule has 1 aromatic carbocycles. The number of nitro benzene ring substituents is 1. The van der Waals surface area contributed by atoms with Crippen LogP contribution in [-0.2, 0) is 4.74 Å². The predicted molar refractivity (Wildman–Crippen MR) is 74.1 cm³/mol. The van der Waals surface area contributed by atoms with Gasteiger partial charge in [-0.2, -0.15) is 0 Å². The van der Waals surface area contributed by atoms with E-state index >= 15 is 0 Å². The highest BCUT2D eigenvalue weighted by Crippen LogP contribution is 2.27. The van der Waals surface area contributed by atoms with E-state index in [1.807, 2.05) is 0 Å². The summed E-state index contributed by atoms with van der Waals surface area (Å²) in [6.07, 6.45) is 2.37. The molecule has 1 heterocycles. The van der Waals surface area contributed by atoms with Crippen LogP contribution >= 0.6 is 0 Å². The molecule has 1 aliphatic heterocycles. The van der Waals surface area contributed by atoms with Gasteiger partial charge in [-0.3, -0.25) is 10.1 Å². The van der Waals surface area contributed by atoms with E-state index in [0.29, 0.717) is 12.0 Å². The number of nitrogens with two attached hydrogens (primary N) is 1. The molecule has 6 nitrogen and oxygen atoms in total. The van der Waals surface area contributed by atoms with E-state index in [4.69, 9.17) is 10.5 Å². The van der Waals surface area contributed by atoms with Crippen LogP contribution in [0.25, 0.3) is 0 Å². The topological polar surface area (TPSA) is 90.4 Å². The molecule has 19 heavy (non-hydrogen) atoms. The molecule has 0 aliphatic carbocycles. The number of nitrogens with zero attached hydrogens (tertiary/aromatic N) is 1. The highest BCUT2D eigenvalue weighted by Gasteiger charge is 2.26. The lowest BCUT2D eigenvalue weighted by molar-refractivity contribution is -0.383. The van der Waals surface area contributed by atoms with E-state index in [1.54, 1.807) is 12.1 Å². The third-order valence-corrected chi connectivity index (χ3v) is 3.54. The molecule has 0 aromatic heterocycles. The molecule has 6 heteroatoms. The van der Waals surface area contributed by atoms with Crippen LogP contribution in [0.3, 0.4) is 0 Å². The summed E-state index contributed by atoms with van der Waals surface area (Å²) in [5, 5.41) is 13.9. The van der Waals surface area contributed by atoms with Crippen molar-refractivity contribution in [2.24, 2.45) is 5.92 Å². The SMILES string of the molecule is CCC1OCCC1CNc1ccc([N+](=O)[O-])c(N)c1. The minimum Gasteiger partial charge on any atom is -0.393 e. The maximum atomic E-state index is 10.7. The Balaban J connectivity index is 1.96. The van der Waals surface area contributed by atoms with Gasteiger partial charge in [-0.25, -0.2) is 0 Å². The van der Waals surface area contributed by atoms with Crippen LogP contribution in [0.4, 0.5) is 17.1 Å². The normalized spacial score (nSPS) is 22.4. The van der Waals surface area contributed by atoms with Crippen molar-refractivity contribution in [1.82, 2.24) is 0 Å². The minimum absolute atomic E-state index is 0.0545. The molecular formula is C13H19N3O3. The fourth-order valence-electron chi connectivity index (χ4n) is 2.46. The second-order valence-electron chi connectivity index (χ2n) is 4.78. The Hall–Kier alpha value is -1.82. The first-order valence-corrected chi connectivity index (χ1v) is 6.51. The Labute approximate surface area is 112 Å². The summed E-state index contributed by atoms with van der Waals surface area (Å²) in [7, 11) is 0. The summed E-state index contributed by atoms with van der Waals surface area (Å²) in [6.45, 7) is 3.73. The largest absolute Gasteiger partial charge is 0.393 e. The molecule has 0 spiro atoms. The number of nitrogen functional groups attached to an aromatic ring is 1. The number of benzene rings is 1. The summed E-state index contributed by atoms with van der Waals surface area (Å²) >= 11 is 0. The van der Waals surface area contributed by atoms with Crippen LogP contribution in [0.2, 0.25) is 0 Å².